The van der Waals surface area contributed by atoms with E-state index in [2.05, 4.69) is 0 Å². The zero-order valence-corrected chi connectivity index (χ0v) is 25.2. The second kappa shape index (κ2) is 19.0. The third-order valence-electron chi connectivity index (χ3n) is 3.96. The Kier molecular flexibility index (Phi) is 18.7. The largest absolute Gasteiger partial charge is 0.506 e. The summed E-state index contributed by atoms with van der Waals surface area (Å²) in [5, 5.41) is 32.0. The molecule has 0 aliphatic carbocycles. The molecule has 0 saturated heterocycles. The summed E-state index contributed by atoms with van der Waals surface area (Å²) in [5.74, 6) is -8.19. The van der Waals surface area contributed by atoms with E-state index in [0.29, 0.717) is 0 Å². The minimum atomic E-state index is -4.94. The molecule has 0 radical (unpaired) electrons. The summed E-state index contributed by atoms with van der Waals surface area (Å²) in [7, 11) is 0. The van der Waals surface area contributed by atoms with Crippen molar-refractivity contribution in [2.24, 2.45) is 0 Å². The number of aliphatic hydroxyl groups excluding tert-OH is 3. The van der Waals surface area contributed by atoms with Crippen LogP contribution in [-0.4, -0.2) is 56.7 Å². The molecule has 0 bridgehead atoms. The van der Waals surface area contributed by atoms with E-state index in [1.165, 1.54) is 18.2 Å². The minimum absolute atomic E-state index is 0. The van der Waals surface area contributed by atoms with Gasteiger partial charge in [0.05, 0.1) is 14.6 Å². The molecule has 0 aromatic carbocycles. The number of rotatable bonds is 6. The molecule has 5 N–H and O–H groups in total. The zero-order chi connectivity index (χ0) is 32.3. The molecule has 0 saturated carbocycles. The first kappa shape index (κ1) is 43.4. The van der Waals surface area contributed by atoms with Crippen LogP contribution in [-0.2, 0) is 14.4 Å². The Balaban J connectivity index is 0. The zero-order valence-electron chi connectivity index (χ0n) is 20.9. The van der Waals surface area contributed by atoms with Crippen molar-refractivity contribution >= 4 is 68.6 Å². The Labute approximate surface area is 282 Å². The maximum atomic E-state index is 11.7. The Morgan fingerprint density at radius 1 is 0.523 bits per heavy atom. The van der Waals surface area contributed by atoms with Gasteiger partial charge in [-0.25, -0.2) is 0 Å². The minimum Gasteiger partial charge on any atom is -0.506 e. The van der Waals surface area contributed by atoms with Crippen molar-refractivity contribution in [3.8, 4) is 0 Å². The van der Waals surface area contributed by atoms with Crippen LogP contribution in [0.2, 0.25) is 0 Å². The topological polar surface area (TPSA) is 143 Å². The third kappa shape index (κ3) is 15.9. The second-order valence-corrected chi connectivity index (χ2v) is 9.95. The van der Waals surface area contributed by atoms with E-state index < -0.39 is 53.2 Å². The van der Waals surface area contributed by atoms with Crippen molar-refractivity contribution in [3.05, 3.63) is 85.4 Å². The monoisotopic (exact) mass is 850 g/mol. The van der Waals surface area contributed by atoms with Crippen LogP contribution < -0.4 is 0 Å². The fourth-order valence-corrected chi connectivity index (χ4v) is 4.03. The van der Waals surface area contributed by atoms with Gasteiger partial charge in [0.2, 0.25) is 0 Å². The van der Waals surface area contributed by atoms with Gasteiger partial charge in [0.25, 0.3) is 17.3 Å². The fraction of sp³-hybridized carbons (Fsp3) is 0.125. The number of carbonyl (C=O) groups is 3. The van der Waals surface area contributed by atoms with Crippen molar-refractivity contribution in [2.75, 3.05) is 0 Å². The molecule has 3 heterocycles. The first-order chi connectivity index (χ1) is 19.2. The van der Waals surface area contributed by atoms with Gasteiger partial charge in [0.1, 0.15) is 17.3 Å². The standard InChI is InChI=1S/3C8H5F3O2S.Er.H2O/c3*9-8(10,11)7(13)4-5(12)6-2-1-3-14-6;;/h3*1-4,12H;;1H2/b3*5-4-;;. The summed E-state index contributed by atoms with van der Waals surface area (Å²) < 4.78 is 106. The number of allylic oxidation sites excluding steroid dienone is 3. The number of hydrogen-bond donors (Lipinski definition) is 3. The van der Waals surface area contributed by atoms with E-state index in [9.17, 15) is 53.9 Å². The molecule has 7 nitrogen and oxygen atoms in total. The number of ketones is 3. The van der Waals surface area contributed by atoms with Gasteiger partial charge in [-0.2, -0.15) is 39.5 Å². The Morgan fingerprint density at radius 3 is 0.864 bits per heavy atom. The molecular formula is C24H17ErF9O7S3. The van der Waals surface area contributed by atoms with Crippen LogP contribution in [0.25, 0.3) is 17.3 Å². The summed E-state index contributed by atoms with van der Waals surface area (Å²) >= 11 is 3.14. The van der Waals surface area contributed by atoms with Crippen LogP contribution in [0.3, 0.4) is 0 Å². The van der Waals surface area contributed by atoms with Gasteiger partial charge in [-0.15, -0.1) is 34.0 Å². The molecule has 0 atom stereocenters. The van der Waals surface area contributed by atoms with Gasteiger partial charge in [-0.1, -0.05) is 18.2 Å². The summed E-state index contributed by atoms with van der Waals surface area (Å²) in [5.41, 5.74) is 0. The number of alkyl halides is 9. The van der Waals surface area contributed by atoms with Crippen LogP contribution in [0.15, 0.2) is 70.8 Å². The maximum absolute atomic E-state index is 11.7. The fourth-order valence-electron chi connectivity index (χ4n) is 2.10. The van der Waals surface area contributed by atoms with Gasteiger partial charge >= 0.3 is 18.5 Å². The number of thiophene rings is 3. The molecule has 0 spiro atoms. The van der Waals surface area contributed by atoms with Crippen molar-refractivity contribution in [3.63, 3.8) is 0 Å². The van der Waals surface area contributed by atoms with E-state index >= 15 is 0 Å². The molecule has 3 aromatic rings. The van der Waals surface area contributed by atoms with Gasteiger partial charge in [0.15, 0.2) is 0 Å². The molecule has 3 aromatic heterocycles. The number of halogens is 9. The van der Waals surface area contributed by atoms with Gasteiger partial charge < -0.3 is 20.8 Å². The van der Waals surface area contributed by atoms with E-state index in [1.807, 2.05) is 0 Å². The van der Waals surface area contributed by atoms with Crippen molar-refractivity contribution in [1.29, 1.82) is 0 Å². The molecule has 0 aliphatic heterocycles. The molecule has 44 heavy (non-hydrogen) atoms. The van der Waals surface area contributed by atoms with Crippen LogP contribution >= 0.6 is 34.0 Å². The van der Waals surface area contributed by atoms with E-state index in [-0.39, 0.29) is 75.6 Å². The smallest absolute Gasteiger partial charge is 0.454 e. The molecular weight excluding hydrogens is 835 g/mol. The van der Waals surface area contributed by atoms with E-state index in [0.717, 1.165) is 34.0 Å². The average molecular weight is 852 g/mol. The first-order valence-electron chi connectivity index (χ1n) is 10.4. The predicted octanol–water partition coefficient (Wildman–Crippen LogP) is 7.51. The van der Waals surface area contributed by atoms with Crippen molar-refractivity contribution < 1.29 is 112 Å². The molecule has 3 rings (SSSR count). The Hall–Kier alpha value is -2.69. The maximum Gasteiger partial charge on any atom is 0.454 e. The Bertz CT molecular complexity index is 1230. The summed E-state index contributed by atoms with van der Waals surface area (Å²) in [6, 6.07) is 8.92. The number of hydrogen-bond acceptors (Lipinski definition) is 9. The first-order valence-corrected chi connectivity index (χ1v) is 13.0. The molecule has 0 amide bonds. The van der Waals surface area contributed by atoms with Crippen molar-refractivity contribution in [2.45, 2.75) is 18.5 Å². The van der Waals surface area contributed by atoms with Crippen LogP contribution in [0.1, 0.15) is 14.6 Å². The second-order valence-electron chi connectivity index (χ2n) is 7.11. The van der Waals surface area contributed by atoms with Crippen LogP contribution in [0.5, 0.6) is 0 Å². The Morgan fingerprint density at radius 2 is 0.727 bits per heavy atom. The normalized spacial score (nSPS) is 12.3. The quantitative estimate of drug-likeness (QED) is 0.133. The molecule has 20 heteroatoms. The predicted molar refractivity (Wildman–Crippen MR) is 142 cm³/mol. The summed E-state index contributed by atoms with van der Waals surface area (Å²) in [4.78, 5) is 31.9. The average Bonchev–Trinajstić information content (AvgIpc) is 3.66. The van der Waals surface area contributed by atoms with Crippen LogP contribution in [0, 0.1) is 37.3 Å². The van der Waals surface area contributed by atoms with E-state index in [4.69, 9.17) is 15.3 Å². The molecule has 0 unspecified atom stereocenters. The number of carbonyl (C=O) groups excluding carboxylic acids is 3. The van der Waals surface area contributed by atoms with Gasteiger partial charge in [-0.3, -0.25) is 14.4 Å². The summed E-state index contributed by atoms with van der Waals surface area (Å²) in [6.45, 7) is 0. The third-order valence-corrected chi connectivity index (χ3v) is 6.64. The van der Waals surface area contributed by atoms with Gasteiger partial charge in [-0.05, 0) is 34.3 Å². The number of aliphatic hydroxyl groups is 3. The van der Waals surface area contributed by atoms with E-state index in [1.54, 1.807) is 34.3 Å². The molecule has 0 fully saturated rings. The van der Waals surface area contributed by atoms with Gasteiger partial charge in [0, 0.05) is 55.5 Å². The molecule has 0 aliphatic rings. The van der Waals surface area contributed by atoms with Crippen molar-refractivity contribution in [1.82, 2.24) is 0 Å². The molecule has 248 valence electrons. The SMILES string of the molecule is O.O=C(/C=C(\O)c1cccs1)C(F)(F)F.O=C(/C=C(\O)c1cccs1)C(F)(F)F.O=C(/C=C(\O)c1cccs1)C(F)(F)F.[Er]. The summed E-state index contributed by atoms with van der Waals surface area (Å²) in [6.07, 6.45) is -14.3. The van der Waals surface area contributed by atoms with Crippen LogP contribution in [0.4, 0.5) is 39.5 Å².